The van der Waals surface area contributed by atoms with Crippen molar-refractivity contribution in [3.63, 3.8) is 0 Å². The lowest BCUT2D eigenvalue weighted by molar-refractivity contribution is 0.0515. The molecule has 0 amide bonds. The van der Waals surface area contributed by atoms with Crippen molar-refractivity contribution in [1.29, 1.82) is 0 Å². The van der Waals surface area contributed by atoms with Gasteiger partial charge in [-0.15, -0.1) is 0 Å². The van der Waals surface area contributed by atoms with Gasteiger partial charge in [0.25, 0.3) is 0 Å². The Balaban J connectivity index is 1.76. The second-order valence-corrected chi connectivity index (χ2v) is 5.78. The van der Waals surface area contributed by atoms with E-state index in [-0.39, 0.29) is 0 Å². The number of carbonyl (C=O) groups excluding carboxylic acids is 1. The first-order valence-electron chi connectivity index (χ1n) is 7.77. The molecule has 1 aromatic heterocycles. The summed E-state index contributed by atoms with van der Waals surface area (Å²) in [5.74, 6) is -0.543. The van der Waals surface area contributed by atoms with Crippen LogP contribution < -0.4 is 0 Å². The van der Waals surface area contributed by atoms with Gasteiger partial charge in [-0.25, -0.2) is 9.78 Å². The van der Waals surface area contributed by atoms with Gasteiger partial charge in [0.05, 0.1) is 17.6 Å². The summed E-state index contributed by atoms with van der Waals surface area (Å²) >= 11 is 5.90. The Kier molecular flexibility index (Phi) is 5.59. The third-order valence-corrected chi connectivity index (χ3v) is 3.81. The van der Waals surface area contributed by atoms with E-state index >= 15 is 0 Å². The normalized spacial score (nSPS) is 11.3. The molecule has 25 heavy (non-hydrogen) atoms. The van der Waals surface area contributed by atoms with Crippen LogP contribution in [0.25, 0.3) is 0 Å². The third-order valence-electron chi connectivity index (χ3n) is 3.57. The number of aryl methyl sites for hydroxylation is 1. The van der Waals surface area contributed by atoms with Gasteiger partial charge in [0.15, 0.2) is 0 Å². The highest BCUT2D eigenvalue weighted by atomic mass is 35.5. The predicted octanol–water partition coefficient (Wildman–Crippen LogP) is 4.19. The van der Waals surface area contributed by atoms with Crippen molar-refractivity contribution < 1.29 is 9.63 Å². The summed E-state index contributed by atoms with van der Waals surface area (Å²) in [5, 5.41) is 4.56. The first kappa shape index (κ1) is 16.9. The summed E-state index contributed by atoms with van der Waals surface area (Å²) in [6.45, 7) is 0.683. The summed E-state index contributed by atoms with van der Waals surface area (Å²) < 4.78 is 1.94. The van der Waals surface area contributed by atoms with Crippen LogP contribution in [0, 0.1) is 0 Å². The number of aromatic nitrogens is 2. The molecule has 0 fully saturated rings. The maximum atomic E-state index is 12.2. The molecule has 5 nitrogen and oxygen atoms in total. The molecule has 0 spiro atoms. The first-order valence-corrected chi connectivity index (χ1v) is 8.15. The molecule has 0 radical (unpaired) electrons. The summed E-state index contributed by atoms with van der Waals surface area (Å²) in [5.41, 5.74) is 1.95. The number of hydrogen-bond acceptors (Lipinski definition) is 4. The van der Waals surface area contributed by atoms with E-state index in [1.165, 1.54) is 0 Å². The van der Waals surface area contributed by atoms with E-state index in [1.54, 1.807) is 36.8 Å². The van der Waals surface area contributed by atoms with Crippen LogP contribution in [0.4, 0.5) is 0 Å². The highest BCUT2D eigenvalue weighted by molar-refractivity contribution is 6.30. The van der Waals surface area contributed by atoms with Gasteiger partial charge in [0.2, 0.25) is 0 Å². The minimum absolute atomic E-state index is 0.360. The van der Waals surface area contributed by atoms with Gasteiger partial charge in [0.1, 0.15) is 0 Å². The van der Waals surface area contributed by atoms with Crippen LogP contribution in [0.2, 0.25) is 5.02 Å². The van der Waals surface area contributed by atoms with Gasteiger partial charge < -0.3 is 9.40 Å². The number of benzene rings is 2. The van der Waals surface area contributed by atoms with Crippen molar-refractivity contribution in [2.24, 2.45) is 5.16 Å². The predicted molar refractivity (Wildman–Crippen MR) is 96.7 cm³/mol. The molecule has 0 N–H and O–H groups in total. The van der Waals surface area contributed by atoms with E-state index in [4.69, 9.17) is 16.4 Å². The lowest BCUT2D eigenvalue weighted by atomic mass is 10.1. The van der Waals surface area contributed by atoms with Crippen molar-refractivity contribution in [1.82, 2.24) is 9.55 Å². The number of rotatable bonds is 6. The molecule has 0 bridgehead atoms. The molecule has 0 unspecified atom stereocenters. The fourth-order valence-electron chi connectivity index (χ4n) is 2.29. The van der Waals surface area contributed by atoms with Crippen molar-refractivity contribution in [2.45, 2.75) is 13.0 Å². The molecular formula is C19H16ClN3O2. The van der Waals surface area contributed by atoms with E-state index in [9.17, 15) is 4.79 Å². The largest absolute Gasteiger partial charge is 0.365 e. The minimum Gasteiger partial charge on any atom is -0.337 e. The molecule has 2 aromatic carbocycles. The molecule has 1 heterocycles. The Morgan fingerprint density at radius 3 is 2.64 bits per heavy atom. The van der Waals surface area contributed by atoms with Crippen LogP contribution in [0.15, 0.2) is 78.5 Å². The molecule has 0 saturated heterocycles. The molecule has 0 atom stereocenters. The zero-order valence-corrected chi connectivity index (χ0v) is 14.1. The standard InChI is InChI=1S/C19H16ClN3O2/c20-17-8-4-7-16(13-17)19(24)25-22-18(15-5-2-1-3-6-15)9-11-23-12-10-21-14-23/h1-8,10,12-14H,9,11H2/b22-18+. The SMILES string of the molecule is O=C(O/N=C(\CCn1ccnc1)c1ccccc1)c1cccc(Cl)c1. The van der Waals surface area contributed by atoms with E-state index in [0.29, 0.717) is 29.3 Å². The van der Waals surface area contributed by atoms with Crippen LogP contribution in [0.5, 0.6) is 0 Å². The number of hydrogen-bond donors (Lipinski definition) is 0. The number of imidazole rings is 1. The average molecular weight is 354 g/mol. The van der Waals surface area contributed by atoms with Gasteiger partial charge in [-0.2, -0.15) is 0 Å². The molecule has 0 aliphatic carbocycles. The van der Waals surface area contributed by atoms with Crippen molar-refractivity contribution in [3.05, 3.63) is 89.5 Å². The first-order chi connectivity index (χ1) is 12.2. The van der Waals surface area contributed by atoms with Crippen molar-refractivity contribution in [2.75, 3.05) is 0 Å². The fourth-order valence-corrected chi connectivity index (χ4v) is 2.48. The molecular weight excluding hydrogens is 338 g/mol. The lowest BCUT2D eigenvalue weighted by Gasteiger charge is -2.07. The van der Waals surface area contributed by atoms with Gasteiger partial charge in [-0.1, -0.05) is 53.2 Å². The van der Waals surface area contributed by atoms with E-state index in [1.807, 2.05) is 41.1 Å². The van der Waals surface area contributed by atoms with Gasteiger partial charge in [-0.05, 0) is 23.8 Å². The second-order valence-electron chi connectivity index (χ2n) is 5.34. The maximum Gasteiger partial charge on any atom is 0.365 e. The Morgan fingerprint density at radius 1 is 1.12 bits per heavy atom. The number of oxime groups is 1. The van der Waals surface area contributed by atoms with Crippen molar-refractivity contribution in [3.8, 4) is 0 Å². The number of halogens is 1. The van der Waals surface area contributed by atoms with E-state index in [0.717, 1.165) is 5.56 Å². The molecule has 6 heteroatoms. The summed E-state index contributed by atoms with van der Waals surface area (Å²) in [4.78, 5) is 21.3. The fraction of sp³-hybridized carbons (Fsp3) is 0.105. The van der Waals surface area contributed by atoms with E-state index in [2.05, 4.69) is 10.1 Å². The Morgan fingerprint density at radius 2 is 1.92 bits per heavy atom. The zero-order chi connectivity index (χ0) is 17.5. The molecule has 0 aliphatic heterocycles. The molecule has 126 valence electrons. The topological polar surface area (TPSA) is 56.5 Å². The second kappa shape index (κ2) is 8.26. The third kappa shape index (κ3) is 4.78. The van der Waals surface area contributed by atoms with Crippen LogP contribution >= 0.6 is 11.6 Å². The smallest absolute Gasteiger partial charge is 0.337 e. The van der Waals surface area contributed by atoms with Crippen LogP contribution in [0.1, 0.15) is 22.3 Å². The summed E-state index contributed by atoms with van der Waals surface area (Å²) in [7, 11) is 0. The summed E-state index contributed by atoms with van der Waals surface area (Å²) in [6.07, 6.45) is 5.93. The Hall–Kier alpha value is -2.92. The van der Waals surface area contributed by atoms with Crippen molar-refractivity contribution >= 4 is 23.3 Å². The quantitative estimate of drug-likeness (QED) is 0.379. The number of carbonyl (C=O) groups is 1. The lowest BCUT2D eigenvalue weighted by Crippen LogP contribution is -2.09. The van der Waals surface area contributed by atoms with Crippen LogP contribution in [-0.4, -0.2) is 21.2 Å². The zero-order valence-electron chi connectivity index (χ0n) is 13.4. The van der Waals surface area contributed by atoms with Gasteiger partial charge in [-0.3, -0.25) is 0 Å². The Bertz CT molecular complexity index is 861. The average Bonchev–Trinajstić information content (AvgIpc) is 3.16. The highest BCUT2D eigenvalue weighted by Gasteiger charge is 2.10. The molecule has 0 aliphatic rings. The maximum absolute atomic E-state index is 12.2. The monoisotopic (exact) mass is 353 g/mol. The van der Waals surface area contributed by atoms with Crippen LogP contribution in [-0.2, 0) is 11.4 Å². The Labute approximate surface area is 150 Å². The summed E-state index contributed by atoms with van der Waals surface area (Å²) in [6, 6.07) is 16.2. The molecule has 3 rings (SSSR count). The molecule has 3 aromatic rings. The molecule has 0 saturated carbocycles. The minimum atomic E-state index is -0.543. The van der Waals surface area contributed by atoms with Crippen LogP contribution in [0.3, 0.4) is 0 Å². The highest BCUT2D eigenvalue weighted by Crippen LogP contribution is 2.13. The van der Waals surface area contributed by atoms with E-state index < -0.39 is 5.97 Å². The van der Waals surface area contributed by atoms with Gasteiger partial charge in [0, 0.05) is 30.4 Å². The number of nitrogens with zero attached hydrogens (tertiary/aromatic N) is 3. The van der Waals surface area contributed by atoms with Gasteiger partial charge >= 0.3 is 5.97 Å².